The van der Waals surface area contributed by atoms with E-state index in [1.165, 1.54) is 0 Å². The van der Waals surface area contributed by atoms with Gasteiger partial charge in [0.1, 0.15) is 0 Å². The van der Waals surface area contributed by atoms with Crippen LogP contribution in [0.25, 0.3) is 0 Å². The lowest BCUT2D eigenvalue weighted by Crippen LogP contribution is -2.42. The molecule has 4 nitrogen and oxygen atoms in total. The molecule has 1 amide bonds. The van der Waals surface area contributed by atoms with Crippen molar-refractivity contribution in [3.05, 3.63) is 29.3 Å². The summed E-state index contributed by atoms with van der Waals surface area (Å²) in [6.45, 7) is 3.93. The van der Waals surface area contributed by atoms with Gasteiger partial charge in [-0.2, -0.15) is 0 Å². The summed E-state index contributed by atoms with van der Waals surface area (Å²) >= 11 is 0. The summed E-state index contributed by atoms with van der Waals surface area (Å²) in [4.78, 5) is 23.5. The molecule has 0 spiro atoms. The standard InChI is InChI=1S/C16H21NO3/c1-10-6-5-9-14(11(10)2)17-15(18)12-7-3-4-8-13(12)16(19)20/h5-6,9,12-13H,3-4,7-8H2,1-2H3,(H,17,18)(H,19,20)/p-1/t12-,13-/m1/s1. The van der Waals surface area contributed by atoms with Gasteiger partial charge in [0.25, 0.3) is 0 Å². The molecule has 0 heterocycles. The van der Waals surface area contributed by atoms with Crippen LogP contribution in [0.15, 0.2) is 18.2 Å². The number of carboxylic acids is 1. The van der Waals surface area contributed by atoms with Crippen molar-refractivity contribution in [2.45, 2.75) is 39.5 Å². The first-order valence-electron chi connectivity index (χ1n) is 7.08. The Bertz CT molecular complexity index is 524. The molecule has 0 radical (unpaired) electrons. The summed E-state index contributed by atoms with van der Waals surface area (Å²) in [6.07, 6.45) is 2.91. The zero-order valence-electron chi connectivity index (χ0n) is 11.9. The number of rotatable bonds is 3. The lowest BCUT2D eigenvalue weighted by molar-refractivity contribution is -0.313. The number of aliphatic carboxylic acids is 1. The first-order valence-corrected chi connectivity index (χ1v) is 7.08. The van der Waals surface area contributed by atoms with Crippen LogP contribution >= 0.6 is 0 Å². The van der Waals surface area contributed by atoms with E-state index >= 15 is 0 Å². The van der Waals surface area contributed by atoms with E-state index in [9.17, 15) is 14.7 Å². The number of carboxylic acid groups (broad SMARTS) is 1. The average Bonchev–Trinajstić information content (AvgIpc) is 2.43. The summed E-state index contributed by atoms with van der Waals surface area (Å²) in [7, 11) is 0. The highest BCUT2D eigenvalue weighted by Crippen LogP contribution is 2.31. The Balaban J connectivity index is 2.14. The molecule has 1 aromatic rings. The number of aryl methyl sites for hydroxylation is 1. The summed E-state index contributed by atoms with van der Waals surface area (Å²) in [5.74, 6) is -2.44. The maximum Gasteiger partial charge on any atom is 0.228 e. The number of carbonyl (C=O) groups excluding carboxylic acids is 2. The quantitative estimate of drug-likeness (QED) is 0.913. The molecule has 0 bridgehead atoms. The van der Waals surface area contributed by atoms with Gasteiger partial charge in [-0.1, -0.05) is 25.0 Å². The highest BCUT2D eigenvalue weighted by Gasteiger charge is 2.31. The molecule has 0 unspecified atom stereocenters. The summed E-state index contributed by atoms with van der Waals surface area (Å²) in [5, 5.41) is 14.0. The van der Waals surface area contributed by atoms with E-state index in [2.05, 4.69) is 5.32 Å². The Labute approximate surface area is 119 Å². The first kappa shape index (κ1) is 14.6. The molecular formula is C16H20NO3-. The van der Waals surface area contributed by atoms with E-state index in [0.717, 1.165) is 29.7 Å². The Morgan fingerprint density at radius 3 is 2.45 bits per heavy atom. The molecule has 2 rings (SSSR count). The van der Waals surface area contributed by atoms with Crippen molar-refractivity contribution >= 4 is 17.6 Å². The fourth-order valence-electron chi connectivity index (χ4n) is 2.84. The van der Waals surface area contributed by atoms with Crippen LogP contribution < -0.4 is 10.4 Å². The molecule has 0 aliphatic heterocycles. The number of benzene rings is 1. The van der Waals surface area contributed by atoms with Gasteiger partial charge in [-0.25, -0.2) is 0 Å². The van der Waals surface area contributed by atoms with E-state index in [0.29, 0.717) is 12.8 Å². The van der Waals surface area contributed by atoms with Gasteiger partial charge in [0.05, 0.1) is 0 Å². The highest BCUT2D eigenvalue weighted by molar-refractivity contribution is 5.95. The lowest BCUT2D eigenvalue weighted by Gasteiger charge is -2.31. The molecular weight excluding hydrogens is 254 g/mol. The number of hydrogen-bond acceptors (Lipinski definition) is 3. The average molecular weight is 274 g/mol. The van der Waals surface area contributed by atoms with Crippen LogP contribution in [0.5, 0.6) is 0 Å². The molecule has 4 heteroatoms. The van der Waals surface area contributed by atoms with Crippen molar-refractivity contribution in [2.75, 3.05) is 5.32 Å². The van der Waals surface area contributed by atoms with Crippen molar-refractivity contribution < 1.29 is 14.7 Å². The third-order valence-corrected chi connectivity index (χ3v) is 4.27. The van der Waals surface area contributed by atoms with Crippen LogP contribution in [-0.4, -0.2) is 11.9 Å². The van der Waals surface area contributed by atoms with Gasteiger partial charge >= 0.3 is 0 Å². The number of nitrogens with one attached hydrogen (secondary N) is 1. The van der Waals surface area contributed by atoms with Crippen LogP contribution in [0.2, 0.25) is 0 Å². The normalized spacial score (nSPS) is 22.3. The second-order valence-electron chi connectivity index (χ2n) is 5.55. The fourth-order valence-corrected chi connectivity index (χ4v) is 2.84. The number of anilines is 1. The number of amides is 1. The van der Waals surface area contributed by atoms with E-state index in [-0.39, 0.29) is 5.91 Å². The third kappa shape index (κ3) is 3.00. The molecule has 1 saturated carbocycles. The van der Waals surface area contributed by atoms with Crippen LogP contribution in [0, 0.1) is 25.7 Å². The Morgan fingerprint density at radius 1 is 1.15 bits per heavy atom. The van der Waals surface area contributed by atoms with Crippen molar-refractivity contribution in [2.24, 2.45) is 11.8 Å². The van der Waals surface area contributed by atoms with Crippen molar-refractivity contribution in [3.63, 3.8) is 0 Å². The Hall–Kier alpha value is -1.84. The second-order valence-corrected chi connectivity index (χ2v) is 5.55. The van der Waals surface area contributed by atoms with E-state index < -0.39 is 17.8 Å². The minimum atomic E-state index is -1.11. The molecule has 1 fully saturated rings. The fraction of sp³-hybridized carbons (Fsp3) is 0.500. The van der Waals surface area contributed by atoms with Gasteiger partial charge in [-0.3, -0.25) is 4.79 Å². The van der Waals surface area contributed by atoms with Crippen LogP contribution in [0.4, 0.5) is 5.69 Å². The molecule has 1 N–H and O–H groups in total. The second kappa shape index (κ2) is 6.07. The van der Waals surface area contributed by atoms with Crippen molar-refractivity contribution in [1.82, 2.24) is 0 Å². The molecule has 1 aromatic carbocycles. The molecule has 108 valence electrons. The molecule has 20 heavy (non-hydrogen) atoms. The minimum Gasteiger partial charge on any atom is -0.550 e. The van der Waals surface area contributed by atoms with Gasteiger partial charge in [0, 0.05) is 23.5 Å². The summed E-state index contributed by atoms with van der Waals surface area (Å²) in [5.41, 5.74) is 2.88. The van der Waals surface area contributed by atoms with Gasteiger partial charge in [-0.05, 0) is 43.9 Å². The number of carbonyl (C=O) groups is 2. The topological polar surface area (TPSA) is 69.2 Å². The predicted molar refractivity (Wildman–Crippen MR) is 75.0 cm³/mol. The largest absolute Gasteiger partial charge is 0.550 e. The SMILES string of the molecule is Cc1cccc(NC(=O)[C@@H]2CCCC[C@H]2C(=O)[O-])c1C. The molecule has 0 aromatic heterocycles. The summed E-state index contributed by atoms with van der Waals surface area (Å²) < 4.78 is 0. The zero-order valence-corrected chi connectivity index (χ0v) is 11.9. The molecule has 0 saturated heterocycles. The van der Waals surface area contributed by atoms with Crippen molar-refractivity contribution in [1.29, 1.82) is 0 Å². The predicted octanol–water partition coefficient (Wildman–Crippen LogP) is 1.80. The van der Waals surface area contributed by atoms with Gasteiger partial charge in [0.2, 0.25) is 5.91 Å². The molecule has 2 atom stereocenters. The van der Waals surface area contributed by atoms with Gasteiger partial charge < -0.3 is 15.2 Å². The Kier molecular flexibility index (Phi) is 4.42. The maximum absolute atomic E-state index is 12.3. The van der Waals surface area contributed by atoms with Gasteiger partial charge in [0.15, 0.2) is 0 Å². The lowest BCUT2D eigenvalue weighted by atomic mass is 9.78. The highest BCUT2D eigenvalue weighted by atomic mass is 16.4. The van der Waals surface area contributed by atoms with Crippen molar-refractivity contribution in [3.8, 4) is 0 Å². The smallest absolute Gasteiger partial charge is 0.228 e. The number of hydrogen-bond donors (Lipinski definition) is 1. The zero-order chi connectivity index (χ0) is 14.7. The van der Waals surface area contributed by atoms with Gasteiger partial charge in [-0.15, -0.1) is 0 Å². The monoisotopic (exact) mass is 274 g/mol. The van der Waals surface area contributed by atoms with E-state index in [1.807, 2.05) is 32.0 Å². The summed E-state index contributed by atoms with van der Waals surface area (Å²) in [6, 6.07) is 5.71. The third-order valence-electron chi connectivity index (χ3n) is 4.27. The first-order chi connectivity index (χ1) is 9.50. The van der Waals surface area contributed by atoms with Crippen LogP contribution in [0.1, 0.15) is 36.8 Å². The van der Waals surface area contributed by atoms with E-state index in [1.54, 1.807) is 0 Å². The van der Waals surface area contributed by atoms with Crippen LogP contribution in [0.3, 0.4) is 0 Å². The molecule has 1 aliphatic rings. The Morgan fingerprint density at radius 2 is 1.80 bits per heavy atom. The minimum absolute atomic E-state index is 0.201. The van der Waals surface area contributed by atoms with E-state index in [4.69, 9.17) is 0 Å². The molecule has 1 aliphatic carbocycles. The maximum atomic E-state index is 12.3. The van der Waals surface area contributed by atoms with Crippen LogP contribution in [-0.2, 0) is 9.59 Å².